The Balaban J connectivity index is 1.64. The Morgan fingerprint density at radius 3 is 3.00 bits per heavy atom. The van der Waals surface area contributed by atoms with Gasteiger partial charge in [0.1, 0.15) is 0 Å². The van der Waals surface area contributed by atoms with Crippen LogP contribution in [0.4, 0.5) is 5.69 Å². The van der Waals surface area contributed by atoms with Crippen LogP contribution < -0.4 is 10.6 Å². The second-order valence-corrected chi connectivity index (χ2v) is 6.75. The van der Waals surface area contributed by atoms with Gasteiger partial charge in [-0.25, -0.2) is 0 Å². The molecule has 1 aromatic carbocycles. The van der Waals surface area contributed by atoms with E-state index >= 15 is 0 Å². The molecule has 2 N–H and O–H groups in total. The molecule has 0 atom stereocenters. The maximum atomic E-state index is 12.2. The number of benzene rings is 1. The number of rotatable bonds is 4. The molecule has 3 rings (SSSR count). The molecule has 1 amide bonds. The first-order chi connectivity index (χ1) is 9.22. The summed E-state index contributed by atoms with van der Waals surface area (Å²) >= 11 is 1.89. The smallest absolute Gasteiger partial charge is 0.251 e. The van der Waals surface area contributed by atoms with Crippen LogP contribution in [0.3, 0.4) is 0 Å². The van der Waals surface area contributed by atoms with Gasteiger partial charge in [-0.1, -0.05) is 12.5 Å². The number of amides is 1. The molecule has 4 heteroatoms. The molecule has 1 aromatic rings. The summed E-state index contributed by atoms with van der Waals surface area (Å²) < 4.78 is 0.296. The first-order valence-corrected chi connectivity index (χ1v) is 8.15. The third-order valence-electron chi connectivity index (χ3n) is 4.35. The predicted octanol–water partition coefficient (Wildman–Crippen LogP) is 2.67. The third kappa shape index (κ3) is 2.46. The standard InChI is InChI=1S/C15H20N2OS/c1-19-15(6-2-7-15)10-17-14(18)12-4-3-11-5-8-16-13(11)9-12/h3-4,9,16H,2,5-8,10H2,1H3,(H,17,18). The van der Waals surface area contributed by atoms with E-state index in [0.29, 0.717) is 4.75 Å². The molecule has 1 saturated carbocycles. The second-order valence-electron chi connectivity index (χ2n) is 5.47. The fraction of sp³-hybridized carbons (Fsp3) is 0.533. The number of nitrogens with one attached hydrogen (secondary N) is 2. The molecule has 102 valence electrons. The summed E-state index contributed by atoms with van der Waals surface area (Å²) in [6.07, 6.45) is 6.94. The molecule has 1 aliphatic heterocycles. The van der Waals surface area contributed by atoms with Crippen LogP contribution in [0.1, 0.15) is 35.2 Å². The van der Waals surface area contributed by atoms with E-state index in [1.165, 1.54) is 24.8 Å². The molecule has 1 heterocycles. The van der Waals surface area contributed by atoms with Crippen molar-refractivity contribution in [3.63, 3.8) is 0 Å². The van der Waals surface area contributed by atoms with Crippen LogP contribution in [0.15, 0.2) is 18.2 Å². The van der Waals surface area contributed by atoms with Gasteiger partial charge >= 0.3 is 0 Å². The van der Waals surface area contributed by atoms with Crippen molar-refractivity contribution in [1.82, 2.24) is 5.32 Å². The van der Waals surface area contributed by atoms with Gasteiger partial charge < -0.3 is 10.6 Å². The second kappa shape index (κ2) is 5.08. The van der Waals surface area contributed by atoms with Crippen molar-refractivity contribution in [2.75, 3.05) is 24.7 Å². The van der Waals surface area contributed by atoms with Gasteiger partial charge in [0.2, 0.25) is 0 Å². The van der Waals surface area contributed by atoms with Crippen molar-refractivity contribution in [1.29, 1.82) is 0 Å². The van der Waals surface area contributed by atoms with Gasteiger partial charge in [-0.05, 0) is 43.2 Å². The average molecular weight is 276 g/mol. The fourth-order valence-electron chi connectivity index (χ4n) is 2.80. The summed E-state index contributed by atoms with van der Waals surface area (Å²) in [5, 5.41) is 6.41. The minimum Gasteiger partial charge on any atom is -0.384 e. The highest BCUT2D eigenvalue weighted by atomic mass is 32.2. The van der Waals surface area contributed by atoms with Crippen molar-refractivity contribution in [2.45, 2.75) is 30.4 Å². The quantitative estimate of drug-likeness (QED) is 0.888. The highest BCUT2D eigenvalue weighted by molar-refractivity contribution is 8.00. The zero-order valence-corrected chi connectivity index (χ0v) is 12.1. The molecular formula is C15H20N2OS. The third-order valence-corrected chi connectivity index (χ3v) is 5.77. The van der Waals surface area contributed by atoms with Crippen LogP contribution in [-0.4, -0.2) is 30.0 Å². The number of hydrogen-bond acceptors (Lipinski definition) is 3. The monoisotopic (exact) mass is 276 g/mol. The molecule has 19 heavy (non-hydrogen) atoms. The summed E-state index contributed by atoms with van der Waals surface area (Å²) in [6.45, 7) is 1.77. The Hall–Kier alpha value is -1.16. The molecule has 2 aliphatic rings. The van der Waals surface area contributed by atoms with Crippen molar-refractivity contribution in [2.24, 2.45) is 0 Å². The largest absolute Gasteiger partial charge is 0.384 e. The van der Waals surface area contributed by atoms with E-state index in [1.807, 2.05) is 23.9 Å². The normalized spacial score (nSPS) is 19.2. The Morgan fingerprint density at radius 2 is 2.32 bits per heavy atom. The molecule has 0 aromatic heterocycles. The van der Waals surface area contributed by atoms with Crippen molar-refractivity contribution < 1.29 is 4.79 Å². The van der Waals surface area contributed by atoms with Crippen LogP contribution in [0.2, 0.25) is 0 Å². The summed E-state index contributed by atoms with van der Waals surface area (Å²) in [4.78, 5) is 12.2. The van der Waals surface area contributed by atoms with Gasteiger partial charge in [0.05, 0.1) is 0 Å². The minimum atomic E-state index is 0.0526. The summed E-state index contributed by atoms with van der Waals surface area (Å²) in [5.74, 6) is 0.0526. The zero-order chi connectivity index (χ0) is 13.3. The molecule has 1 aliphatic carbocycles. The van der Waals surface area contributed by atoms with Gasteiger partial charge in [-0.2, -0.15) is 11.8 Å². The van der Waals surface area contributed by atoms with E-state index in [2.05, 4.69) is 23.0 Å². The Morgan fingerprint density at radius 1 is 1.47 bits per heavy atom. The number of carbonyl (C=O) groups is 1. The Labute approximate surface area is 118 Å². The number of thioether (sulfide) groups is 1. The van der Waals surface area contributed by atoms with E-state index in [4.69, 9.17) is 0 Å². The lowest BCUT2D eigenvalue weighted by atomic mass is 9.84. The highest BCUT2D eigenvalue weighted by Gasteiger charge is 2.36. The van der Waals surface area contributed by atoms with Crippen LogP contribution in [0.25, 0.3) is 0 Å². The van der Waals surface area contributed by atoms with Crippen molar-refractivity contribution in [3.05, 3.63) is 29.3 Å². The molecule has 0 spiro atoms. The lowest BCUT2D eigenvalue weighted by Crippen LogP contribution is -2.45. The van der Waals surface area contributed by atoms with E-state index < -0.39 is 0 Å². The number of carbonyl (C=O) groups excluding carboxylic acids is 1. The van der Waals surface area contributed by atoms with Crippen LogP contribution in [0.5, 0.6) is 0 Å². The number of anilines is 1. The van der Waals surface area contributed by atoms with Gasteiger partial charge in [0.25, 0.3) is 5.91 Å². The van der Waals surface area contributed by atoms with Gasteiger partial charge in [-0.15, -0.1) is 0 Å². The highest BCUT2D eigenvalue weighted by Crippen LogP contribution is 2.42. The molecule has 3 nitrogen and oxygen atoms in total. The summed E-state index contributed by atoms with van der Waals surface area (Å²) in [5.41, 5.74) is 3.20. The molecule has 0 bridgehead atoms. The van der Waals surface area contributed by atoms with Gasteiger partial charge in [0, 0.05) is 29.1 Å². The maximum absolute atomic E-state index is 12.2. The molecule has 0 unspecified atom stereocenters. The molecule has 0 radical (unpaired) electrons. The van der Waals surface area contributed by atoms with Gasteiger partial charge in [-0.3, -0.25) is 4.79 Å². The summed E-state index contributed by atoms with van der Waals surface area (Å²) in [6, 6.07) is 5.98. The Kier molecular flexibility index (Phi) is 3.44. The van der Waals surface area contributed by atoms with Crippen molar-refractivity contribution >= 4 is 23.4 Å². The molecular weight excluding hydrogens is 256 g/mol. The predicted molar refractivity (Wildman–Crippen MR) is 81.1 cm³/mol. The molecule has 1 fully saturated rings. The Bertz CT molecular complexity index is 491. The minimum absolute atomic E-state index is 0.0526. The number of fused-ring (bicyclic) bond motifs is 1. The lowest BCUT2D eigenvalue weighted by Gasteiger charge is -2.40. The van der Waals surface area contributed by atoms with E-state index in [0.717, 1.165) is 30.8 Å². The first kappa shape index (κ1) is 12.9. The van der Waals surface area contributed by atoms with Crippen LogP contribution in [-0.2, 0) is 6.42 Å². The first-order valence-electron chi connectivity index (χ1n) is 6.93. The van der Waals surface area contributed by atoms with E-state index in [9.17, 15) is 4.79 Å². The number of hydrogen-bond donors (Lipinski definition) is 2. The zero-order valence-electron chi connectivity index (χ0n) is 11.3. The van der Waals surface area contributed by atoms with E-state index in [-0.39, 0.29) is 5.91 Å². The van der Waals surface area contributed by atoms with E-state index in [1.54, 1.807) is 0 Å². The van der Waals surface area contributed by atoms with Crippen LogP contribution >= 0.6 is 11.8 Å². The summed E-state index contributed by atoms with van der Waals surface area (Å²) in [7, 11) is 0. The lowest BCUT2D eigenvalue weighted by molar-refractivity contribution is 0.0944. The van der Waals surface area contributed by atoms with Crippen molar-refractivity contribution in [3.8, 4) is 0 Å². The van der Waals surface area contributed by atoms with Crippen LogP contribution in [0, 0.1) is 0 Å². The maximum Gasteiger partial charge on any atom is 0.251 e. The van der Waals surface area contributed by atoms with Gasteiger partial charge in [0.15, 0.2) is 0 Å². The SMILES string of the molecule is CSC1(CNC(=O)c2ccc3c(c2)NCC3)CCC1. The fourth-order valence-corrected chi connectivity index (χ4v) is 3.71. The topological polar surface area (TPSA) is 41.1 Å². The average Bonchev–Trinajstić information content (AvgIpc) is 2.84. The molecule has 0 saturated heterocycles.